The Labute approximate surface area is 359 Å². The number of aromatic amines is 1. The quantitative estimate of drug-likeness (QED) is 0.0475. The number of methoxy groups -OCH3 is 1. The van der Waals surface area contributed by atoms with Gasteiger partial charge < -0.3 is 45.8 Å². The van der Waals surface area contributed by atoms with Crippen LogP contribution in [0.15, 0.2) is 121 Å². The average Bonchev–Trinajstić information content (AvgIpc) is 3.71. The van der Waals surface area contributed by atoms with Gasteiger partial charge in [0.25, 0.3) is 0 Å². The maximum Gasteiger partial charge on any atom is 0.408 e. The van der Waals surface area contributed by atoms with Gasteiger partial charge in [-0.25, -0.2) is 14.4 Å². The molecule has 0 radical (unpaired) electrons. The molecule has 4 aromatic carbocycles. The van der Waals surface area contributed by atoms with Crippen molar-refractivity contribution in [3.63, 3.8) is 0 Å². The van der Waals surface area contributed by atoms with E-state index in [9.17, 15) is 28.8 Å². The molecular weight excluding hydrogens is 793 g/mol. The number of alkyl carbamates (subject to hydrolysis) is 1. The van der Waals surface area contributed by atoms with E-state index >= 15 is 0 Å². The number of amides is 5. The van der Waals surface area contributed by atoms with Crippen LogP contribution >= 0.6 is 0 Å². The van der Waals surface area contributed by atoms with E-state index in [0.29, 0.717) is 24.0 Å². The fourth-order valence-electron chi connectivity index (χ4n) is 7.44. The number of nitrogens with one attached hydrogen (secondary N) is 6. The van der Waals surface area contributed by atoms with Crippen LogP contribution in [0.1, 0.15) is 66.8 Å². The van der Waals surface area contributed by atoms with E-state index in [1.54, 1.807) is 30.5 Å². The monoisotopic (exact) mass is 844 g/mol. The normalized spacial score (nSPS) is 14.5. The van der Waals surface area contributed by atoms with Crippen molar-refractivity contribution >= 4 is 46.8 Å². The Morgan fingerprint density at radius 3 is 1.97 bits per heavy atom. The number of esters is 2. The van der Waals surface area contributed by atoms with E-state index in [-0.39, 0.29) is 39.0 Å². The molecule has 6 N–H and O–H groups in total. The van der Waals surface area contributed by atoms with Crippen LogP contribution in [0.2, 0.25) is 0 Å². The minimum absolute atomic E-state index is 0.0503. The van der Waals surface area contributed by atoms with E-state index in [1.807, 2.05) is 91.0 Å². The number of rotatable bonds is 18. The molecule has 1 aliphatic carbocycles. The van der Waals surface area contributed by atoms with Crippen molar-refractivity contribution in [1.29, 1.82) is 0 Å². The minimum Gasteiger partial charge on any atom is -0.469 e. The highest BCUT2D eigenvalue weighted by Gasteiger charge is 2.43. The fraction of sp³-hybridized carbons (Fsp3) is 0.319. The van der Waals surface area contributed by atoms with Crippen molar-refractivity contribution in [3.05, 3.63) is 144 Å². The summed E-state index contributed by atoms with van der Waals surface area (Å²) in [5, 5.41) is 14.9. The van der Waals surface area contributed by atoms with Crippen LogP contribution in [0.5, 0.6) is 0 Å². The maximum atomic E-state index is 14.2. The maximum absolute atomic E-state index is 14.2. The second kappa shape index (κ2) is 21.9. The molecule has 0 saturated heterocycles. The Bertz CT molecular complexity index is 2280. The van der Waals surface area contributed by atoms with E-state index in [4.69, 9.17) is 14.2 Å². The molecule has 324 valence electrons. The largest absolute Gasteiger partial charge is 0.469 e. The molecule has 62 heavy (non-hydrogen) atoms. The Balaban J connectivity index is 1.18. The summed E-state index contributed by atoms with van der Waals surface area (Å²) in [6, 6.07) is 30.8. The Morgan fingerprint density at radius 1 is 0.694 bits per heavy atom. The van der Waals surface area contributed by atoms with Gasteiger partial charge in [0.1, 0.15) is 30.8 Å². The van der Waals surface area contributed by atoms with Gasteiger partial charge in [-0.1, -0.05) is 128 Å². The van der Waals surface area contributed by atoms with Crippen LogP contribution in [-0.4, -0.2) is 72.1 Å². The highest BCUT2D eigenvalue weighted by atomic mass is 16.5. The first-order valence-corrected chi connectivity index (χ1v) is 20.6. The van der Waals surface area contributed by atoms with Gasteiger partial charge in [0.15, 0.2) is 0 Å². The van der Waals surface area contributed by atoms with Gasteiger partial charge in [-0.3, -0.25) is 14.4 Å². The predicted molar refractivity (Wildman–Crippen MR) is 230 cm³/mol. The van der Waals surface area contributed by atoms with Gasteiger partial charge in [0.2, 0.25) is 11.8 Å². The van der Waals surface area contributed by atoms with E-state index in [0.717, 1.165) is 28.5 Å². The molecule has 1 aromatic heterocycles. The Morgan fingerprint density at radius 2 is 1.31 bits per heavy atom. The molecule has 6 rings (SSSR count). The van der Waals surface area contributed by atoms with Crippen LogP contribution in [0.4, 0.5) is 9.59 Å². The SMILES string of the molecule is COC(=O)C[C@H](NC(=O)C1(NC(=O)N[C@H](Cc2c[nH]c3ccccc23)C(=O)NC[C@H](NC(=O)OCc2ccccc2)c2ccccc2)CCCCC1)C(=O)OCc1ccccc1. The van der Waals surface area contributed by atoms with Crippen LogP contribution in [0.3, 0.4) is 0 Å². The number of para-hydroxylation sites is 1. The number of urea groups is 1. The summed E-state index contributed by atoms with van der Waals surface area (Å²) >= 11 is 0. The van der Waals surface area contributed by atoms with Gasteiger partial charge in [-0.15, -0.1) is 0 Å². The van der Waals surface area contributed by atoms with Crippen LogP contribution < -0.4 is 26.6 Å². The summed E-state index contributed by atoms with van der Waals surface area (Å²) in [7, 11) is 1.17. The standard InChI is InChI=1S/C47H52N6O9/c1-60-41(54)27-39(43(56)61-30-32-16-6-2-7-17-32)50-44(57)47(24-14-5-15-25-47)53-45(58)51-38(26-35-28-48-37-23-13-12-22-36(35)37)42(55)49-29-40(34-20-10-4-11-21-34)52-46(59)62-31-33-18-8-3-9-19-33/h2-4,6-13,16-23,28,38-40,48H,5,14-15,24-27,29-31H2,1H3,(H,49,55)(H,50,57)(H,52,59)(H2,51,53,58)/t38-,39+,40+/m1/s1. The molecule has 1 saturated carbocycles. The number of carbonyl (C=O) groups excluding carboxylic acids is 6. The zero-order chi connectivity index (χ0) is 43.7. The molecule has 15 nitrogen and oxygen atoms in total. The second-order valence-corrected chi connectivity index (χ2v) is 15.2. The number of benzene rings is 4. The third-order valence-electron chi connectivity index (χ3n) is 10.8. The van der Waals surface area contributed by atoms with Crippen LogP contribution in [-0.2, 0) is 53.0 Å². The zero-order valence-electron chi connectivity index (χ0n) is 34.5. The van der Waals surface area contributed by atoms with Gasteiger partial charge in [0.05, 0.1) is 19.6 Å². The van der Waals surface area contributed by atoms with Gasteiger partial charge in [0, 0.05) is 30.1 Å². The van der Waals surface area contributed by atoms with Crippen molar-refractivity contribution < 1.29 is 43.0 Å². The van der Waals surface area contributed by atoms with Crippen molar-refractivity contribution in [2.24, 2.45) is 0 Å². The topological polar surface area (TPSA) is 206 Å². The Kier molecular flexibility index (Phi) is 15.7. The lowest BCUT2D eigenvalue weighted by atomic mass is 9.80. The summed E-state index contributed by atoms with van der Waals surface area (Å²) in [6.45, 7) is -0.0826. The third-order valence-corrected chi connectivity index (χ3v) is 10.8. The fourth-order valence-corrected chi connectivity index (χ4v) is 7.44. The number of hydrogen-bond acceptors (Lipinski definition) is 9. The summed E-state index contributed by atoms with van der Waals surface area (Å²) in [6.07, 6.45) is 3.14. The lowest BCUT2D eigenvalue weighted by Gasteiger charge is -2.37. The lowest BCUT2D eigenvalue weighted by molar-refractivity contribution is -0.154. The smallest absolute Gasteiger partial charge is 0.408 e. The first-order valence-electron chi connectivity index (χ1n) is 20.6. The van der Waals surface area contributed by atoms with Crippen molar-refractivity contribution in [2.45, 2.75) is 81.8 Å². The van der Waals surface area contributed by atoms with Gasteiger partial charge in [-0.2, -0.15) is 0 Å². The predicted octanol–water partition coefficient (Wildman–Crippen LogP) is 5.66. The molecule has 1 fully saturated rings. The molecule has 15 heteroatoms. The van der Waals surface area contributed by atoms with Gasteiger partial charge >= 0.3 is 24.1 Å². The van der Waals surface area contributed by atoms with E-state index < -0.39 is 66.0 Å². The summed E-state index contributed by atoms with van der Waals surface area (Å²) in [5.41, 5.74) is 2.35. The van der Waals surface area contributed by atoms with Crippen molar-refractivity contribution in [1.82, 2.24) is 31.6 Å². The molecule has 0 bridgehead atoms. The number of fused-ring (bicyclic) bond motifs is 1. The molecule has 5 aromatic rings. The highest BCUT2D eigenvalue weighted by Crippen LogP contribution is 2.29. The first kappa shape index (κ1) is 44.4. The molecule has 0 spiro atoms. The van der Waals surface area contributed by atoms with Gasteiger partial charge in [-0.05, 0) is 41.2 Å². The van der Waals surface area contributed by atoms with Crippen molar-refractivity contribution in [2.75, 3.05) is 13.7 Å². The van der Waals surface area contributed by atoms with Crippen LogP contribution in [0.25, 0.3) is 10.9 Å². The molecule has 3 atom stereocenters. The molecular formula is C47H52N6O9. The number of aromatic nitrogens is 1. The van der Waals surface area contributed by atoms with Crippen molar-refractivity contribution in [3.8, 4) is 0 Å². The first-order chi connectivity index (χ1) is 30.1. The zero-order valence-corrected chi connectivity index (χ0v) is 34.5. The number of carbonyl (C=O) groups is 6. The summed E-state index contributed by atoms with van der Waals surface area (Å²) < 4.78 is 15.8. The minimum atomic E-state index is -1.49. The highest BCUT2D eigenvalue weighted by molar-refractivity contribution is 5.96. The molecule has 0 unspecified atom stereocenters. The second-order valence-electron chi connectivity index (χ2n) is 15.2. The summed E-state index contributed by atoms with van der Waals surface area (Å²) in [4.78, 5) is 84.4. The molecule has 1 heterocycles. The lowest BCUT2D eigenvalue weighted by Crippen LogP contribution is -2.65. The Hall–Kier alpha value is -7.16. The molecule has 0 aliphatic heterocycles. The third kappa shape index (κ3) is 12.4. The van der Waals surface area contributed by atoms with Crippen LogP contribution in [0, 0.1) is 0 Å². The molecule has 1 aliphatic rings. The number of H-pyrrole nitrogens is 1. The number of ether oxygens (including phenoxy) is 3. The molecule has 5 amide bonds. The number of hydrogen-bond donors (Lipinski definition) is 6. The average molecular weight is 845 g/mol. The summed E-state index contributed by atoms with van der Waals surface area (Å²) in [5.74, 6) is -2.81. The van der Waals surface area contributed by atoms with E-state index in [2.05, 4.69) is 31.6 Å². The van der Waals surface area contributed by atoms with E-state index in [1.165, 1.54) is 7.11 Å².